The number of hydrogen-bond acceptors (Lipinski definition) is 6. The SMILES string of the molecule is CO[C@@]12CCC(O)CC1N(C(=O)c1ccc(-c3nnn(C)n3)cc1)CC2. The summed E-state index contributed by atoms with van der Waals surface area (Å²) in [4.78, 5) is 16.3. The van der Waals surface area contributed by atoms with Crippen LogP contribution in [0.25, 0.3) is 11.4 Å². The number of carbonyl (C=O) groups is 1. The maximum absolute atomic E-state index is 13.1. The summed E-state index contributed by atoms with van der Waals surface area (Å²) in [6, 6.07) is 7.17. The van der Waals surface area contributed by atoms with Crippen molar-refractivity contribution in [2.24, 2.45) is 7.05 Å². The van der Waals surface area contributed by atoms with Gasteiger partial charge in [-0.1, -0.05) is 12.1 Å². The summed E-state index contributed by atoms with van der Waals surface area (Å²) < 4.78 is 5.82. The average molecular weight is 357 g/mol. The molecule has 3 atom stereocenters. The van der Waals surface area contributed by atoms with Gasteiger partial charge in [0.05, 0.1) is 24.8 Å². The highest BCUT2D eigenvalue weighted by Gasteiger charge is 2.52. The predicted octanol–water partition coefficient (Wildman–Crippen LogP) is 1.02. The van der Waals surface area contributed by atoms with Gasteiger partial charge < -0.3 is 14.7 Å². The third-order valence-electron chi connectivity index (χ3n) is 5.72. The summed E-state index contributed by atoms with van der Waals surface area (Å²) in [5.41, 5.74) is 1.11. The molecule has 1 N–H and O–H groups in total. The molecule has 2 unspecified atom stereocenters. The zero-order valence-electron chi connectivity index (χ0n) is 15.0. The van der Waals surface area contributed by atoms with E-state index in [1.807, 2.05) is 17.0 Å². The second-order valence-corrected chi connectivity index (χ2v) is 7.14. The smallest absolute Gasteiger partial charge is 0.254 e. The number of benzene rings is 1. The van der Waals surface area contributed by atoms with Crippen molar-refractivity contribution >= 4 is 5.91 Å². The van der Waals surface area contributed by atoms with Crippen molar-refractivity contribution in [3.05, 3.63) is 29.8 Å². The van der Waals surface area contributed by atoms with E-state index in [1.165, 1.54) is 4.80 Å². The second-order valence-electron chi connectivity index (χ2n) is 7.14. The van der Waals surface area contributed by atoms with Crippen LogP contribution in [0.5, 0.6) is 0 Å². The fourth-order valence-electron chi connectivity index (χ4n) is 4.25. The highest BCUT2D eigenvalue weighted by atomic mass is 16.5. The molecule has 1 aromatic heterocycles. The van der Waals surface area contributed by atoms with Crippen LogP contribution in [0.1, 0.15) is 36.0 Å². The van der Waals surface area contributed by atoms with Gasteiger partial charge in [0.1, 0.15) is 0 Å². The van der Waals surface area contributed by atoms with Crippen LogP contribution >= 0.6 is 0 Å². The number of fused-ring (bicyclic) bond motifs is 1. The van der Waals surface area contributed by atoms with E-state index in [4.69, 9.17) is 4.74 Å². The predicted molar refractivity (Wildman–Crippen MR) is 93.3 cm³/mol. The minimum atomic E-state index is -0.373. The lowest BCUT2D eigenvalue weighted by Crippen LogP contribution is -2.52. The van der Waals surface area contributed by atoms with Gasteiger partial charge in [0.2, 0.25) is 5.82 Å². The topological polar surface area (TPSA) is 93.4 Å². The Morgan fingerprint density at radius 2 is 2.08 bits per heavy atom. The number of likely N-dealkylation sites (tertiary alicyclic amines) is 1. The van der Waals surface area contributed by atoms with Crippen molar-refractivity contribution in [3.63, 3.8) is 0 Å². The number of nitrogens with zero attached hydrogens (tertiary/aromatic N) is 5. The van der Waals surface area contributed by atoms with Crippen LogP contribution in [0.15, 0.2) is 24.3 Å². The zero-order chi connectivity index (χ0) is 18.3. The number of rotatable bonds is 3. The number of aryl methyl sites for hydroxylation is 1. The first kappa shape index (κ1) is 17.1. The van der Waals surface area contributed by atoms with Gasteiger partial charge in [-0.3, -0.25) is 4.79 Å². The fraction of sp³-hybridized carbons (Fsp3) is 0.556. The second kappa shape index (κ2) is 6.44. The zero-order valence-corrected chi connectivity index (χ0v) is 15.0. The Kier molecular flexibility index (Phi) is 4.24. The van der Waals surface area contributed by atoms with E-state index in [1.54, 1.807) is 26.3 Å². The molecule has 1 saturated heterocycles. The van der Waals surface area contributed by atoms with Crippen molar-refractivity contribution in [3.8, 4) is 11.4 Å². The van der Waals surface area contributed by atoms with Gasteiger partial charge >= 0.3 is 0 Å². The summed E-state index contributed by atoms with van der Waals surface area (Å²) in [5.74, 6) is 0.503. The molecule has 8 nitrogen and oxygen atoms in total. The standard InChI is InChI=1S/C18H23N5O3/c1-22-20-16(19-21-22)12-3-5-13(6-4-12)17(25)23-10-9-18(26-2)8-7-14(24)11-15(18)23/h3-6,14-15,24H,7-11H2,1-2H3/t14?,15?,18-/m1/s1. The van der Waals surface area contributed by atoms with Crippen LogP contribution in [0.4, 0.5) is 0 Å². The summed E-state index contributed by atoms with van der Waals surface area (Å²) in [6.45, 7) is 0.650. The van der Waals surface area contributed by atoms with Gasteiger partial charge in [-0.2, -0.15) is 4.80 Å². The highest BCUT2D eigenvalue weighted by molar-refractivity contribution is 5.95. The number of amides is 1. The quantitative estimate of drug-likeness (QED) is 0.882. The van der Waals surface area contributed by atoms with Crippen molar-refractivity contribution in [1.29, 1.82) is 0 Å². The number of aliphatic hydroxyl groups is 1. The molecule has 26 heavy (non-hydrogen) atoms. The molecule has 1 aromatic carbocycles. The van der Waals surface area contributed by atoms with E-state index in [2.05, 4.69) is 15.4 Å². The van der Waals surface area contributed by atoms with Crippen LogP contribution in [-0.4, -0.2) is 67.5 Å². The molecular formula is C18H23N5O3. The summed E-state index contributed by atoms with van der Waals surface area (Å²) in [6.07, 6.45) is 2.53. The number of ether oxygens (including phenoxy) is 1. The Hall–Kier alpha value is -2.32. The Morgan fingerprint density at radius 3 is 2.73 bits per heavy atom. The third kappa shape index (κ3) is 2.79. The van der Waals surface area contributed by atoms with Gasteiger partial charge in [-0.15, -0.1) is 10.2 Å². The van der Waals surface area contributed by atoms with E-state index in [9.17, 15) is 9.90 Å². The molecule has 2 heterocycles. The lowest BCUT2D eigenvalue weighted by Gasteiger charge is -2.42. The first-order valence-electron chi connectivity index (χ1n) is 8.91. The molecule has 0 bridgehead atoms. The van der Waals surface area contributed by atoms with E-state index >= 15 is 0 Å². The molecule has 2 aromatic rings. The molecular weight excluding hydrogens is 334 g/mol. The Bertz CT molecular complexity index is 805. The van der Waals surface area contributed by atoms with Crippen molar-refractivity contribution in [1.82, 2.24) is 25.1 Å². The minimum absolute atomic E-state index is 0.0262. The van der Waals surface area contributed by atoms with E-state index in [-0.39, 0.29) is 23.7 Å². The fourth-order valence-corrected chi connectivity index (χ4v) is 4.25. The van der Waals surface area contributed by atoms with Crippen LogP contribution in [-0.2, 0) is 11.8 Å². The lowest BCUT2D eigenvalue weighted by atomic mass is 9.79. The number of aliphatic hydroxyl groups excluding tert-OH is 1. The number of tetrazole rings is 1. The summed E-state index contributed by atoms with van der Waals surface area (Å²) in [7, 11) is 3.42. The Labute approximate surface area is 151 Å². The van der Waals surface area contributed by atoms with Crippen LogP contribution in [0.3, 0.4) is 0 Å². The maximum Gasteiger partial charge on any atom is 0.254 e. The number of hydrogen-bond donors (Lipinski definition) is 1. The lowest BCUT2D eigenvalue weighted by molar-refractivity contribution is -0.0824. The maximum atomic E-state index is 13.1. The number of aromatic nitrogens is 4. The molecule has 8 heteroatoms. The highest BCUT2D eigenvalue weighted by Crippen LogP contribution is 2.42. The normalized spacial score (nSPS) is 28.2. The molecule has 1 aliphatic carbocycles. The molecule has 4 rings (SSSR count). The Morgan fingerprint density at radius 1 is 1.31 bits per heavy atom. The Balaban J connectivity index is 1.55. The largest absolute Gasteiger partial charge is 0.393 e. The van der Waals surface area contributed by atoms with Gasteiger partial charge in [-0.25, -0.2) is 0 Å². The van der Waals surface area contributed by atoms with Gasteiger partial charge in [0.15, 0.2) is 0 Å². The van der Waals surface area contributed by atoms with E-state index < -0.39 is 0 Å². The van der Waals surface area contributed by atoms with Crippen molar-refractivity contribution < 1.29 is 14.6 Å². The molecule has 2 aliphatic rings. The molecule has 1 aliphatic heterocycles. The molecule has 0 spiro atoms. The monoisotopic (exact) mass is 357 g/mol. The van der Waals surface area contributed by atoms with Gasteiger partial charge in [-0.05, 0) is 43.0 Å². The van der Waals surface area contributed by atoms with Crippen molar-refractivity contribution in [2.75, 3.05) is 13.7 Å². The first-order chi connectivity index (χ1) is 12.5. The molecule has 2 fully saturated rings. The minimum Gasteiger partial charge on any atom is -0.393 e. The van der Waals surface area contributed by atoms with Crippen LogP contribution < -0.4 is 0 Å². The molecule has 1 saturated carbocycles. The third-order valence-corrected chi connectivity index (χ3v) is 5.72. The molecule has 0 radical (unpaired) electrons. The first-order valence-corrected chi connectivity index (χ1v) is 8.91. The van der Waals surface area contributed by atoms with Crippen LogP contribution in [0.2, 0.25) is 0 Å². The molecule has 138 valence electrons. The average Bonchev–Trinajstić information content (AvgIpc) is 3.25. The summed E-state index contributed by atoms with van der Waals surface area (Å²) in [5, 5.41) is 22.1. The summed E-state index contributed by atoms with van der Waals surface area (Å²) >= 11 is 0. The van der Waals surface area contributed by atoms with Gasteiger partial charge in [0, 0.05) is 24.8 Å². The molecule has 1 amide bonds. The van der Waals surface area contributed by atoms with Gasteiger partial charge in [0.25, 0.3) is 5.91 Å². The number of carbonyl (C=O) groups excluding carboxylic acids is 1. The van der Waals surface area contributed by atoms with Crippen LogP contribution in [0, 0.1) is 0 Å². The van der Waals surface area contributed by atoms with Crippen molar-refractivity contribution in [2.45, 2.75) is 43.4 Å². The van der Waals surface area contributed by atoms with E-state index in [0.29, 0.717) is 24.4 Å². The van der Waals surface area contributed by atoms with E-state index in [0.717, 1.165) is 24.8 Å². The number of methoxy groups -OCH3 is 1.